The lowest BCUT2D eigenvalue weighted by molar-refractivity contribution is 0.840. The van der Waals surface area contributed by atoms with Gasteiger partial charge in [-0.15, -0.1) is 11.3 Å². The molecule has 0 saturated heterocycles. The molecule has 0 radical (unpaired) electrons. The van der Waals surface area contributed by atoms with Crippen molar-refractivity contribution in [3.05, 3.63) is 60.2 Å². The Kier molecular flexibility index (Phi) is 3.86. The van der Waals surface area contributed by atoms with Crippen molar-refractivity contribution in [1.82, 2.24) is 19.7 Å². The van der Waals surface area contributed by atoms with Gasteiger partial charge >= 0.3 is 0 Å². The van der Waals surface area contributed by atoms with Gasteiger partial charge in [0.15, 0.2) is 5.82 Å². The van der Waals surface area contributed by atoms with Crippen LogP contribution in [-0.2, 0) is 12.8 Å². The van der Waals surface area contributed by atoms with Crippen molar-refractivity contribution >= 4 is 21.4 Å². The Morgan fingerprint density at radius 3 is 2.79 bits per heavy atom. The molecule has 0 aliphatic carbocycles. The standard InChI is InChI=1S/C19H18N4S/c1-3-13-11-21-23(18-7-5-6-15(4-2)22-18)19(13)16-10-14-8-9-20-12-17(14)24-16/h5-12H,3-4H2,1-2H3. The zero-order valence-corrected chi connectivity index (χ0v) is 14.5. The quantitative estimate of drug-likeness (QED) is 0.545. The van der Waals surface area contributed by atoms with Gasteiger partial charge in [-0.25, -0.2) is 9.67 Å². The Bertz CT molecular complexity index is 966. The summed E-state index contributed by atoms with van der Waals surface area (Å²) in [6, 6.07) is 10.4. The van der Waals surface area contributed by atoms with E-state index in [1.165, 1.54) is 20.5 Å². The normalized spacial score (nSPS) is 11.2. The van der Waals surface area contributed by atoms with Crippen LogP contribution in [0.5, 0.6) is 0 Å². The number of rotatable bonds is 4. The van der Waals surface area contributed by atoms with Crippen LogP contribution in [-0.4, -0.2) is 19.7 Å². The van der Waals surface area contributed by atoms with Crippen molar-refractivity contribution in [3.8, 4) is 16.4 Å². The molecule has 5 heteroatoms. The van der Waals surface area contributed by atoms with E-state index in [1.807, 2.05) is 35.4 Å². The van der Waals surface area contributed by atoms with Gasteiger partial charge in [0.05, 0.1) is 21.5 Å². The molecule has 0 amide bonds. The van der Waals surface area contributed by atoms with Crippen LogP contribution in [0, 0.1) is 0 Å². The summed E-state index contributed by atoms with van der Waals surface area (Å²) in [6.07, 6.45) is 7.57. The molecule has 0 N–H and O–H groups in total. The number of nitrogens with zero attached hydrogens (tertiary/aromatic N) is 4. The topological polar surface area (TPSA) is 43.6 Å². The molecule has 4 aromatic heterocycles. The fourth-order valence-corrected chi connectivity index (χ4v) is 3.96. The van der Waals surface area contributed by atoms with Gasteiger partial charge in [-0.1, -0.05) is 19.9 Å². The molecule has 24 heavy (non-hydrogen) atoms. The highest BCUT2D eigenvalue weighted by atomic mass is 32.1. The number of aromatic nitrogens is 4. The lowest BCUT2D eigenvalue weighted by Gasteiger charge is -2.08. The van der Waals surface area contributed by atoms with Crippen LogP contribution in [0.3, 0.4) is 0 Å². The average Bonchev–Trinajstić information content (AvgIpc) is 3.24. The van der Waals surface area contributed by atoms with E-state index in [0.29, 0.717) is 0 Å². The largest absolute Gasteiger partial charge is 0.263 e. The van der Waals surface area contributed by atoms with E-state index in [2.05, 4.69) is 42.1 Å². The second kappa shape index (κ2) is 6.17. The van der Waals surface area contributed by atoms with Gasteiger partial charge in [-0.3, -0.25) is 4.98 Å². The van der Waals surface area contributed by atoms with E-state index < -0.39 is 0 Å². The van der Waals surface area contributed by atoms with E-state index in [-0.39, 0.29) is 0 Å². The van der Waals surface area contributed by atoms with E-state index in [0.717, 1.165) is 30.0 Å². The number of thiophene rings is 1. The summed E-state index contributed by atoms with van der Waals surface area (Å²) in [5.74, 6) is 0.875. The van der Waals surface area contributed by atoms with E-state index in [9.17, 15) is 0 Å². The molecule has 0 spiro atoms. The van der Waals surface area contributed by atoms with Crippen LogP contribution in [0.25, 0.3) is 26.5 Å². The van der Waals surface area contributed by atoms with Crippen molar-refractivity contribution in [2.75, 3.05) is 0 Å². The number of fused-ring (bicyclic) bond motifs is 1. The number of hydrogen-bond donors (Lipinski definition) is 0. The fourth-order valence-electron chi connectivity index (χ4n) is 2.86. The zero-order valence-electron chi connectivity index (χ0n) is 13.7. The van der Waals surface area contributed by atoms with Crippen LogP contribution >= 0.6 is 11.3 Å². The van der Waals surface area contributed by atoms with Crippen LogP contribution in [0.15, 0.2) is 48.9 Å². The summed E-state index contributed by atoms with van der Waals surface area (Å²) in [5, 5.41) is 5.84. The third-order valence-corrected chi connectivity index (χ3v) is 5.25. The first-order valence-electron chi connectivity index (χ1n) is 8.17. The third kappa shape index (κ3) is 2.51. The van der Waals surface area contributed by atoms with Crippen LogP contribution in [0.4, 0.5) is 0 Å². The van der Waals surface area contributed by atoms with E-state index >= 15 is 0 Å². The first-order chi connectivity index (χ1) is 11.8. The molecule has 4 aromatic rings. The number of hydrogen-bond acceptors (Lipinski definition) is 4. The summed E-state index contributed by atoms with van der Waals surface area (Å²) in [6.45, 7) is 4.28. The van der Waals surface area contributed by atoms with E-state index in [4.69, 9.17) is 4.98 Å². The fraction of sp³-hybridized carbons (Fsp3) is 0.211. The molecule has 0 unspecified atom stereocenters. The first kappa shape index (κ1) is 15.0. The second-order valence-electron chi connectivity index (χ2n) is 5.65. The van der Waals surface area contributed by atoms with Crippen molar-refractivity contribution in [2.24, 2.45) is 0 Å². The van der Waals surface area contributed by atoms with Gasteiger partial charge in [-0.2, -0.15) is 5.10 Å². The Labute approximate surface area is 144 Å². The second-order valence-corrected chi connectivity index (χ2v) is 6.73. The van der Waals surface area contributed by atoms with Gasteiger partial charge in [0.25, 0.3) is 0 Å². The van der Waals surface area contributed by atoms with Gasteiger partial charge < -0.3 is 0 Å². The minimum atomic E-state index is 0.875. The molecule has 120 valence electrons. The Hall–Kier alpha value is -2.53. The molecule has 4 heterocycles. The van der Waals surface area contributed by atoms with Crippen LogP contribution < -0.4 is 0 Å². The smallest absolute Gasteiger partial charge is 0.154 e. The highest BCUT2D eigenvalue weighted by Gasteiger charge is 2.16. The maximum absolute atomic E-state index is 4.74. The first-order valence-corrected chi connectivity index (χ1v) is 8.99. The van der Waals surface area contributed by atoms with Gasteiger partial charge in [0.2, 0.25) is 0 Å². The van der Waals surface area contributed by atoms with Crippen molar-refractivity contribution in [3.63, 3.8) is 0 Å². The highest BCUT2D eigenvalue weighted by molar-refractivity contribution is 7.22. The molecule has 0 aliphatic heterocycles. The highest BCUT2D eigenvalue weighted by Crippen LogP contribution is 2.36. The molecule has 0 saturated carbocycles. The van der Waals surface area contributed by atoms with Gasteiger partial charge in [0.1, 0.15) is 0 Å². The molecule has 4 rings (SSSR count). The maximum atomic E-state index is 4.74. The number of aryl methyl sites for hydroxylation is 2. The predicted molar refractivity (Wildman–Crippen MR) is 98.7 cm³/mol. The molecule has 0 aromatic carbocycles. The van der Waals surface area contributed by atoms with E-state index in [1.54, 1.807) is 11.3 Å². The Morgan fingerprint density at radius 1 is 1.08 bits per heavy atom. The summed E-state index contributed by atoms with van der Waals surface area (Å²) < 4.78 is 3.16. The zero-order chi connectivity index (χ0) is 16.5. The summed E-state index contributed by atoms with van der Waals surface area (Å²) in [5.41, 5.74) is 3.45. The molecular weight excluding hydrogens is 316 g/mol. The summed E-state index contributed by atoms with van der Waals surface area (Å²) >= 11 is 1.75. The summed E-state index contributed by atoms with van der Waals surface area (Å²) in [7, 11) is 0. The SMILES string of the molecule is CCc1cccc(-n2ncc(CC)c2-c2cc3ccncc3s2)n1. The molecule has 0 bridgehead atoms. The minimum Gasteiger partial charge on any atom is -0.263 e. The number of pyridine rings is 2. The molecule has 0 aliphatic rings. The minimum absolute atomic E-state index is 0.875. The molecule has 0 fully saturated rings. The Morgan fingerprint density at radius 2 is 2.00 bits per heavy atom. The third-order valence-electron chi connectivity index (χ3n) is 4.15. The molecule has 0 atom stereocenters. The van der Waals surface area contributed by atoms with Gasteiger partial charge in [-0.05, 0) is 48.1 Å². The Balaban J connectivity index is 1.92. The predicted octanol–water partition coefficient (Wildman–Crippen LogP) is 4.67. The molecular formula is C19H18N4S. The maximum Gasteiger partial charge on any atom is 0.154 e. The lowest BCUT2D eigenvalue weighted by Crippen LogP contribution is -2.03. The lowest BCUT2D eigenvalue weighted by atomic mass is 10.1. The monoisotopic (exact) mass is 334 g/mol. The van der Waals surface area contributed by atoms with Crippen LogP contribution in [0.1, 0.15) is 25.1 Å². The summed E-state index contributed by atoms with van der Waals surface area (Å²) in [4.78, 5) is 10.2. The van der Waals surface area contributed by atoms with Gasteiger partial charge in [0, 0.05) is 18.1 Å². The van der Waals surface area contributed by atoms with Crippen molar-refractivity contribution in [1.29, 1.82) is 0 Å². The van der Waals surface area contributed by atoms with Crippen LogP contribution in [0.2, 0.25) is 0 Å². The molecule has 4 nitrogen and oxygen atoms in total. The average molecular weight is 334 g/mol. The van der Waals surface area contributed by atoms with Crippen molar-refractivity contribution < 1.29 is 0 Å². The van der Waals surface area contributed by atoms with Crippen molar-refractivity contribution in [2.45, 2.75) is 26.7 Å².